The Morgan fingerprint density at radius 3 is 3.05 bits per heavy atom. The minimum Gasteiger partial charge on any atom is -0.360 e. The van der Waals surface area contributed by atoms with Gasteiger partial charge in [0.15, 0.2) is 0 Å². The number of halogens is 1. The van der Waals surface area contributed by atoms with Gasteiger partial charge in [-0.05, 0) is 25.1 Å². The van der Waals surface area contributed by atoms with E-state index in [4.69, 9.17) is 0 Å². The van der Waals surface area contributed by atoms with Crippen molar-refractivity contribution < 1.29 is 4.39 Å². The number of rotatable bonds is 4. The Balaban J connectivity index is 1.65. The third-order valence-corrected chi connectivity index (χ3v) is 3.45. The number of imidazole rings is 1. The van der Waals surface area contributed by atoms with Crippen LogP contribution in [0.25, 0.3) is 11.0 Å². The van der Waals surface area contributed by atoms with Crippen molar-refractivity contribution in [2.75, 3.05) is 11.9 Å². The van der Waals surface area contributed by atoms with Crippen LogP contribution in [0.3, 0.4) is 0 Å². The summed E-state index contributed by atoms with van der Waals surface area (Å²) in [5, 5.41) is 12.8. The van der Waals surface area contributed by atoms with Crippen LogP contribution in [0.1, 0.15) is 10.8 Å². The fourth-order valence-electron chi connectivity index (χ4n) is 1.81. The molecule has 5 nitrogen and oxygen atoms in total. The number of aromatic nitrogens is 4. The van der Waals surface area contributed by atoms with Crippen LogP contribution in [0.2, 0.25) is 0 Å². The average Bonchev–Trinajstić information content (AvgIpc) is 2.95. The van der Waals surface area contributed by atoms with Crippen molar-refractivity contribution in [2.45, 2.75) is 13.3 Å². The maximum absolute atomic E-state index is 13.0. The van der Waals surface area contributed by atoms with Crippen molar-refractivity contribution in [1.29, 1.82) is 0 Å². The highest BCUT2D eigenvalue weighted by atomic mass is 32.1. The Kier molecular flexibility index (Phi) is 3.12. The number of nitrogens with zero attached hydrogens (tertiary/aromatic N) is 3. The summed E-state index contributed by atoms with van der Waals surface area (Å²) in [6.45, 7) is 2.62. The van der Waals surface area contributed by atoms with Crippen LogP contribution < -0.4 is 5.32 Å². The van der Waals surface area contributed by atoms with Gasteiger partial charge in [-0.3, -0.25) is 0 Å². The number of nitrogens with one attached hydrogen (secondary N) is 2. The van der Waals surface area contributed by atoms with Gasteiger partial charge >= 0.3 is 0 Å². The van der Waals surface area contributed by atoms with E-state index in [-0.39, 0.29) is 5.82 Å². The predicted molar refractivity (Wildman–Crippen MR) is 72.9 cm³/mol. The first-order valence-corrected chi connectivity index (χ1v) is 6.70. The van der Waals surface area contributed by atoms with Gasteiger partial charge in [0.1, 0.15) is 16.6 Å². The van der Waals surface area contributed by atoms with E-state index in [1.807, 2.05) is 6.92 Å². The molecule has 0 unspecified atom stereocenters. The summed E-state index contributed by atoms with van der Waals surface area (Å²) in [6, 6.07) is 4.54. The molecule has 3 rings (SSSR count). The molecular weight excluding hydrogens is 265 g/mol. The number of hydrogen-bond donors (Lipinski definition) is 2. The lowest BCUT2D eigenvalue weighted by Crippen LogP contribution is -2.05. The van der Waals surface area contributed by atoms with Gasteiger partial charge in [-0.25, -0.2) is 9.37 Å². The van der Waals surface area contributed by atoms with Crippen molar-refractivity contribution in [3.63, 3.8) is 0 Å². The zero-order valence-corrected chi connectivity index (χ0v) is 11.1. The minimum absolute atomic E-state index is 0.259. The third-order valence-electron chi connectivity index (χ3n) is 2.66. The molecule has 0 spiro atoms. The van der Waals surface area contributed by atoms with Crippen LogP contribution >= 0.6 is 11.3 Å². The highest BCUT2D eigenvalue weighted by Gasteiger charge is 2.04. The molecule has 0 aliphatic carbocycles. The van der Waals surface area contributed by atoms with Crippen molar-refractivity contribution in [2.24, 2.45) is 0 Å². The van der Waals surface area contributed by atoms with Gasteiger partial charge in [0.25, 0.3) is 0 Å². The van der Waals surface area contributed by atoms with Crippen LogP contribution in [0.15, 0.2) is 18.2 Å². The molecule has 0 saturated heterocycles. The molecule has 19 heavy (non-hydrogen) atoms. The minimum atomic E-state index is -0.259. The standard InChI is InChI=1S/C12H12FN5S/c1-7-17-18-12(19-7)14-5-4-11-15-9-3-2-8(13)6-10(9)16-11/h2-3,6H,4-5H2,1H3,(H,14,18)(H,15,16). The van der Waals surface area contributed by atoms with Crippen LogP contribution in [0.4, 0.5) is 9.52 Å². The largest absolute Gasteiger partial charge is 0.360 e. The van der Waals surface area contributed by atoms with Crippen molar-refractivity contribution >= 4 is 27.5 Å². The monoisotopic (exact) mass is 277 g/mol. The molecule has 2 aromatic heterocycles. The molecule has 0 fully saturated rings. The lowest BCUT2D eigenvalue weighted by atomic mass is 10.3. The van der Waals surface area contributed by atoms with E-state index in [0.717, 1.165) is 33.4 Å². The fraction of sp³-hybridized carbons (Fsp3) is 0.250. The Hall–Kier alpha value is -2.02. The number of aryl methyl sites for hydroxylation is 1. The Morgan fingerprint density at radius 1 is 1.37 bits per heavy atom. The SMILES string of the molecule is Cc1nnc(NCCc2nc3ccc(F)cc3[nH]2)s1. The molecule has 1 aromatic carbocycles. The fourth-order valence-corrected chi connectivity index (χ4v) is 2.43. The zero-order chi connectivity index (χ0) is 13.2. The highest BCUT2D eigenvalue weighted by molar-refractivity contribution is 7.15. The first-order chi connectivity index (χ1) is 9.20. The van der Waals surface area contributed by atoms with Gasteiger partial charge in [-0.2, -0.15) is 0 Å². The summed E-state index contributed by atoms with van der Waals surface area (Å²) in [5.41, 5.74) is 1.50. The number of benzene rings is 1. The van der Waals surface area contributed by atoms with E-state index in [2.05, 4.69) is 25.5 Å². The van der Waals surface area contributed by atoms with E-state index in [9.17, 15) is 4.39 Å². The number of hydrogen-bond acceptors (Lipinski definition) is 5. The second kappa shape index (κ2) is 4.93. The Morgan fingerprint density at radius 2 is 2.26 bits per heavy atom. The highest BCUT2D eigenvalue weighted by Crippen LogP contribution is 2.15. The Bertz CT molecular complexity index is 705. The number of H-pyrrole nitrogens is 1. The number of anilines is 1. The molecule has 0 amide bonds. The summed E-state index contributed by atoms with van der Waals surface area (Å²) in [6.07, 6.45) is 0.717. The van der Waals surface area contributed by atoms with Crippen molar-refractivity contribution in [1.82, 2.24) is 20.2 Å². The smallest absolute Gasteiger partial charge is 0.205 e. The normalized spacial score (nSPS) is 11.1. The van der Waals surface area contributed by atoms with Crippen LogP contribution in [0.5, 0.6) is 0 Å². The van der Waals surface area contributed by atoms with Crippen molar-refractivity contribution in [3.8, 4) is 0 Å². The second-order valence-electron chi connectivity index (χ2n) is 4.15. The molecule has 0 bridgehead atoms. The van der Waals surface area contributed by atoms with Gasteiger partial charge in [-0.15, -0.1) is 10.2 Å². The van der Waals surface area contributed by atoms with Gasteiger partial charge in [0, 0.05) is 13.0 Å². The van der Waals surface area contributed by atoms with E-state index in [1.54, 1.807) is 6.07 Å². The van der Waals surface area contributed by atoms with Crippen LogP contribution in [-0.2, 0) is 6.42 Å². The maximum atomic E-state index is 13.0. The predicted octanol–water partition coefficient (Wildman–Crippen LogP) is 2.52. The molecule has 3 aromatic rings. The lowest BCUT2D eigenvalue weighted by molar-refractivity contribution is 0.629. The lowest BCUT2D eigenvalue weighted by Gasteiger charge is -1.98. The molecule has 7 heteroatoms. The molecular formula is C12H12FN5S. The van der Waals surface area contributed by atoms with Gasteiger partial charge in [0.05, 0.1) is 11.0 Å². The molecule has 2 heterocycles. The Labute approximate surface area is 112 Å². The van der Waals surface area contributed by atoms with Gasteiger partial charge < -0.3 is 10.3 Å². The quantitative estimate of drug-likeness (QED) is 0.769. The molecule has 0 aliphatic rings. The van der Waals surface area contributed by atoms with E-state index < -0.39 is 0 Å². The van der Waals surface area contributed by atoms with E-state index in [1.165, 1.54) is 23.5 Å². The molecule has 2 N–H and O–H groups in total. The molecule has 0 aliphatic heterocycles. The summed E-state index contributed by atoms with van der Waals surface area (Å²) in [5.74, 6) is 0.569. The van der Waals surface area contributed by atoms with Crippen LogP contribution in [-0.4, -0.2) is 26.7 Å². The molecule has 0 radical (unpaired) electrons. The summed E-state index contributed by atoms with van der Waals surface area (Å²) < 4.78 is 13.0. The number of aromatic amines is 1. The molecule has 98 valence electrons. The van der Waals surface area contributed by atoms with E-state index in [0.29, 0.717) is 6.54 Å². The first kappa shape index (κ1) is 12.0. The van der Waals surface area contributed by atoms with Crippen molar-refractivity contribution in [3.05, 3.63) is 34.8 Å². The number of fused-ring (bicyclic) bond motifs is 1. The van der Waals surface area contributed by atoms with Gasteiger partial charge in [0.2, 0.25) is 5.13 Å². The molecule has 0 atom stereocenters. The summed E-state index contributed by atoms with van der Waals surface area (Å²) in [4.78, 5) is 7.50. The third kappa shape index (κ3) is 2.70. The zero-order valence-electron chi connectivity index (χ0n) is 10.3. The van der Waals surface area contributed by atoms with E-state index >= 15 is 0 Å². The summed E-state index contributed by atoms with van der Waals surface area (Å²) >= 11 is 1.52. The maximum Gasteiger partial charge on any atom is 0.205 e. The molecule has 0 saturated carbocycles. The topological polar surface area (TPSA) is 66.5 Å². The van der Waals surface area contributed by atoms with Gasteiger partial charge in [-0.1, -0.05) is 11.3 Å². The average molecular weight is 277 g/mol. The van der Waals surface area contributed by atoms with Crippen LogP contribution in [0, 0.1) is 12.7 Å². The summed E-state index contributed by atoms with van der Waals surface area (Å²) in [7, 11) is 0. The first-order valence-electron chi connectivity index (χ1n) is 5.89. The second-order valence-corrected chi connectivity index (χ2v) is 5.33.